The van der Waals surface area contributed by atoms with Crippen LogP contribution in [-0.2, 0) is 6.54 Å². The highest BCUT2D eigenvalue weighted by Crippen LogP contribution is 2.34. The number of benzene rings is 2. The molecule has 0 bridgehead atoms. The van der Waals surface area contributed by atoms with Gasteiger partial charge in [0.05, 0.1) is 10.0 Å². The van der Waals surface area contributed by atoms with Crippen LogP contribution in [0.25, 0.3) is 34.0 Å². The minimum absolute atomic E-state index is 0.187. The predicted molar refractivity (Wildman–Crippen MR) is 123 cm³/mol. The van der Waals surface area contributed by atoms with E-state index < -0.39 is 0 Å². The maximum atomic E-state index is 12.5. The molecular formula is C24H15Cl2N3O3. The molecule has 0 fully saturated rings. The molecule has 0 saturated carbocycles. The molecule has 1 amide bonds. The molecule has 3 heterocycles. The van der Waals surface area contributed by atoms with Gasteiger partial charge in [0.2, 0.25) is 5.89 Å². The Bertz CT molecular complexity index is 1390. The minimum Gasteiger partial charge on any atom is -0.451 e. The third-order valence-corrected chi connectivity index (χ3v) is 5.68. The van der Waals surface area contributed by atoms with Gasteiger partial charge in [0.15, 0.2) is 17.0 Å². The number of halogens is 2. The summed E-state index contributed by atoms with van der Waals surface area (Å²) in [6.07, 6.45) is 1.67. The average Bonchev–Trinajstić information content (AvgIpc) is 3.47. The van der Waals surface area contributed by atoms with E-state index in [0.29, 0.717) is 45.0 Å². The van der Waals surface area contributed by atoms with Gasteiger partial charge in [0, 0.05) is 23.9 Å². The summed E-state index contributed by atoms with van der Waals surface area (Å²) in [5, 5.41) is 3.65. The second-order valence-electron chi connectivity index (χ2n) is 6.99. The van der Waals surface area contributed by atoms with E-state index in [1.807, 2.05) is 30.3 Å². The summed E-state index contributed by atoms with van der Waals surface area (Å²) in [5.74, 6) is 0.826. The summed E-state index contributed by atoms with van der Waals surface area (Å²) in [4.78, 5) is 21.1. The monoisotopic (exact) mass is 463 g/mol. The van der Waals surface area contributed by atoms with E-state index >= 15 is 0 Å². The third-order valence-electron chi connectivity index (χ3n) is 4.87. The van der Waals surface area contributed by atoms with Crippen LogP contribution in [0, 0.1) is 0 Å². The molecule has 3 aromatic heterocycles. The first-order valence-corrected chi connectivity index (χ1v) is 10.5. The van der Waals surface area contributed by atoms with Crippen LogP contribution >= 0.6 is 23.2 Å². The van der Waals surface area contributed by atoms with Crippen molar-refractivity contribution in [1.82, 2.24) is 15.3 Å². The minimum atomic E-state index is -0.330. The summed E-state index contributed by atoms with van der Waals surface area (Å²) < 4.78 is 11.4. The van der Waals surface area contributed by atoms with Crippen molar-refractivity contribution < 1.29 is 13.6 Å². The molecule has 8 heteroatoms. The zero-order valence-electron chi connectivity index (χ0n) is 16.5. The molecule has 158 valence electrons. The van der Waals surface area contributed by atoms with Gasteiger partial charge in [0.1, 0.15) is 5.76 Å². The quantitative estimate of drug-likeness (QED) is 0.326. The predicted octanol–water partition coefficient (Wildman–Crippen LogP) is 6.39. The molecule has 5 aromatic rings. The summed E-state index contributed by atoms with van der Waals surface area (Å²) in [6.45, 7) is 0.335. The van der Waals surface area contributed by atoms with Crippen molar-refractivity contribution in [1.29, 1.82) is 0 Å². The van der Waals surface area contributed by atoms with E-state index in [2.05, 4.69) is 15.3 Å². The largest absolute Gasteiger partial charge is 0.451 e. The molecule has 0 atom stereocenters. The van der Waals surface area contributed by atoms with Crippen LogP contribution in [0.15, 0.2) is 81.8 Å². The van der Waals surface area contributed by atoms with Gasteiger partial charge in [-0.3, -0.25) is 4.79 Å². The number of carbonyl (C=O) groups is 1. The molecule has 32 heavy (non-hydrogen) atoms. The van der Waals surface area contributed by atoms with Crippen molar-refractivity contribution in [2.75, 3.05) is 0 Å². The Morgan fingerprint density at radius 2 is 1.78 bits per heavy atom. The summed E-state index contributed by atoms with van der Waals surface area (Å²) in [6, 6.07) is 19.7. The van der Waals surface area contributed by atoms with E-state index in [1.54, 1.807) is 42.6 Å². The average molecular weight is 464 g/mol. The standard InChI is InChI=1S/C24H15Cl2N3O3/c25-17-4-1-3-16(21(17)26)18-10-11-20(31-18)23(30)28-13-14-6-8-15(9-7-14)24-29-22-19(32-24)5-2-12-27-22/h1-12H,13H2,(H,28,30). The molecule has 2 aromatic carbocycles. The van der Waals surface area contributed by atoms with E-state index in [-0.39, 0.29) is 11.7 Å². The van der Waals surface area contributed by atoms with Crippen molar-refractivity contribution in [3.63, 3.8) is 0 Å². The van der Waals surface area contributed by atoms with Gasteiger partial charge < -0.3 is 14.2 Å². The van der Waals surface area contributed by atoms with Crippen LogP contribution in [0.4, 0.5) is 0 Å². The van der Waals surface area contributed by atoms with Gasteiger partial charge in [-0.25, -0.2) is 4.98 Å². The number of amides is 1. The highest BCUT2D eigenvalue weighted by Gasteiger charge is 2.15. The van der Waals surface area contributed by atoms with E-state index in [1.165, 1.54) is 0 Å². The Kier molecular flexibility index (Phi) is 5.39. The Balaban J connectivity index is 1.25. The smallest absolute Gasteiger partial charge is 0.287 e. The number of rotatable bonds is 5. The molecule has 5 rings (SSSR count). The Hall–Kier alpha value is -3.61. The number of hydrogen-bond acceptors (Lipinski definition) is 5. The zero-order chi connectivity index (χ0) is 22.1. The Labute approximate surface area is 192 Å². The van der Waals surface area contributed by atoms with Crippen LogP contribution < -0.4 is 5.32 Å². The number of carbonyl (C=O) groups excluding carboxylic acids is 1. The van der Waals surface area contributed by atoms with Gasteiger partial charge in [-0.15, -0.1) is 0 Å². The van der Waals surface area contributed by atoms with Crippen molar-refractivity contribution in [2.45, 2.75) is 6.54 Å². The van der Waals surface area contributed by atoms with Gasteiger partial charge in [-0.2, -0.15) is 4.98 Å². The summed E-state index contributed by atoms with van der Waals surface area (Å²) >= 11 is 12.3. The molecule has 0 saturated heterocycles. The maximum Gasteiger partial charge on any atom is 0.287 e. The second kappa shape index (κ2) is 8.49. The number of aromatic nitrogens is 2. The topological polar surface area (TPSA) is 81.2 Å². The SMILES string of the molecule is O=C(NCc1ccc(-c2nc3ncccc3o2)cc1)c1ccc(-c2cccc(Cl)c2Cl)o1. The first-order valence-electron chi connectivity index (χ1n) is 9.72. The molecule has 0 aliphatic carbocycles. The molecule has 1 N–H and O–H groups in total. The van der Waals surface area contributed by atoms with Crippen molar-refractivity contribution >= 4 is 40.3 Å². The lowest BCUT2D eigenvalue weighted by molar-refractivity contribution is 0.0924. The number of hydrogen-bond donors (Lipinski definition) is 1. The van der Waals surface area contributed by atoms with Gasteiger partial charge in [-0.1, -0.05) is 41.4 Å². The number of furan rings is 1. The van der Waals surface area contributed by atoms with Gasteiger partial charge >= 0.3 is 0 Å². The number of oxazole rings is 1. The summed E-state index contributed by atoms with van der Waals surface area (Å²) in [5.41, 5.74) is 3.57. The van der Waals surface area contributed by atoms with Gasteiger partial charge in [-0.05, 0) is 54.1 Å². The second-order valence-corrected chi connectivity index (χ2v) is 7.77. The van der Waals surface area contributed by atoms with E-state index in [9.17, 15) is 4.79 Å². The molecule has 0 spiro atoms. The highest BCUT2D eigenvalue weighted by atomic mass is 35.5. The highest BCUT2D eigenvalue weighted by molar-refractivity contribution is 6.43. The Morgan fingerprint density at radius 1 is 0.938 bits per heavy atom. The molecule has 6 nitrogen and oxygen atoms in total. The number of pyridine rings is 1. The van der Waals surface area contributed by atoms with Crippen LogP contribution in [0.2, 0.25) is 10.0 Å². The van der Waals surface area contributed by atoms with Crippen molar-refractivity contribution in [3.8, 4) is 22.8 Å². The van der Waals surface area contributed by atoms with Crippen molar-refractivity contribution in [3.05, 3.63) is 94.3 Å². The normalized spacial score (nSPS) is 11.1. The third kappa shape index (κ3) is 3.98. The lowest BCUT2D eigenvalue weighted by atomic mass is 10.1. The molecule has 0 radical (unpaired) electrons. The number of fused-ring (bicyclic) bond motifs is 1. The number of nitrogens with zero attached hydrogens (tertiary/aromatic N) is 2. The molecule has 0 unspecified atom stereocenters. The van der Waals surface area contributed by atoms with Gasteiger partial charge in [0.25, 0.3) is 5.91 Å². The lowest BCUT2D eigenvalue weighted by Crippen LogP contribution is -2.22. The maximum absolute atomic E-state index is 12.5. The van der Waals surface area contributed by atoms with Crippen molar-refractivity contribution in [2.24, 2.45) is 0 Å². The first kappa shape index (κ1) is 20.3. The van der Waals surface area contributed by atoms with Crippen LogP contribution in [0.1, 0.15) is 16.1 Å². The Morgan fingerprint density at radius 3 is 2.59 bits per heavy atom. The summed E-state index contributed by atoms with van der Waals surface area (Å²) in [7, 11) is 0. The molecular weight excluding hydrogens is 449 g/mol. The van der Waals surface area contributed by atoms with Crippen LogP contribution in [-0.4, -0.2) is 15.9 Å². The fourth-order valence-corrected chi connectivity index (χ4v) is 3.62. The van der Waals surface area contributed by atoms with Crippen LogP contribution in [0.5, 0.6) is 0 Å². The fourth-order valence-electron chi connectivity index (χ4n) is 3.23. The zero-order valence-corrected chi connectivity index (χ0v) is 18.0. The number of nitrogens with one attached hydrogen (secondary N) is 1. The van der Waals surface area contributed by atoms with E-state index in [4.69, 9.17) is 32.0 Å². The fraction of sp³-hybridized carbons (Fsp3) is 0.0417. The van der Waals surface area contributed by atoms with Crippen LogP contribution in [0.3, 0.4) is 0 Å². The van der Waals surface area contributed by atoms with E-state index in [0.717, 1.165) is 11.1 Å². The first-order chi connectivity index (χ1) is 15.6. The lowest BCUT2D eigenvalue weighted by Gasteiger charge is -2.05. The molecule has 0 aliphatic heterocycles. The molecule has 0 aliphatic rings.